The third-order valence-corrected chi connectivity index (χ3v) is 1.58. The monoisotopic (exact) mass is 194 g/mol. The normalized spacial score (nSPS) is 10.0. The van der Waals surface area contributed by atoms with Gasteiger partial charge in [0.15, 0.2) is 17.3 Å². The van der Waals surface area contributed by atoms with E-state index in [4.69, 9.17) is 16.7 Å². The van der Waals surface area contributed by atoms with Gasteiger partial charge in [-0.05, 0) is 0 Å². The molecule has 0 aliphatic carbocycles. The van der Waals surface area contributed by atoms with Crippen LogP contribution in [0.3, 0.4) is 0 Å². The average Bonchev–Trinajstić information content (AvgIpc) is 2.01. The van der Waals surface area contributed by atoms with Crippen molar-refractivity contribution < 1.29 is 18.6 Å². The van der Waals surface area contributed by atoms with Gasteiger partial charge < -0.3 is 9.84 Å². The second-order valence-corrected chi connectivity index (χ2v) is 2.45. The summed E-state index contributed by atoms with van der Waals surface area (Å²) >= 11 is 5.22. The number of ether oxygens (including phenoxy) is 1. The van der Waals surface area contributed by atoms with Crippen molar-refractivity contribution in [3.63, 3.8) is 0 Å². The maximum atomic E-state index is 12.8. The highest BCUT2D eigenvalue weighted by Gasteiger charge is 2.17. The van der Waals surface area contributed by atoms with Crippen LogP contribution in [0.15, 0.2) is 6.07 Å². The van der Waals surface area contributed by atoms with Gasteiger partial charge in [-0.1, -0.05) is 11.6 Å². The Kier molecular flexibility index (Phi) is 2.38. The molecule has 1 rings (SSSR count). The highest BCUT2D eigenvalue weighted by atomic mass is 35.5. The van der Waals surface area contributed by atoms with Crippen LogP contribution in [0.25, 0.3) is 0 Å². The highest BCUT2D eigenvalue weighted by molar-refractivity contribution is 6.30. The van der Waals surface area contributed by atoms with E-state index in [0.717, 1.165) is 13.2 Å². The van der Waals surface area contributed by atoms with Gasteiger partial charge in [0.1, 0.15) is 0 Å². The first-order chi connectivity index (χ1) is 5.57. The van der Waals surface area contributed by atoms with E-state index in [-0.39, 0.29) is 0 Å². The van der Waals surface area contributed by atoms with Crippen molar-refractivity contribution in [3.05, 3.63) is 22.7 Å². The maximum Gasteiger partial charge on any atom is 0.206 e. The van der Waals surface area contributed by atoms with Crippen molar-refractivity contribution in [1.29, 1.82) is 0 Å². The van der Waals surface area contributed by atoms with Gasteiger partial charge in [0.25, 0.3) is 0 Å². The van der Waals surface area contributed by atoms with E-state index in [1.54, 1.807) is 0 Å². The van der Waals surface area contributed by atoms with Gasteiger partial charge in [-0.2, -0.15) is 4.39 Å². The number of hydrogen-bond donors (Lipinski definition) is 1. The van der Waals surface area contributed by atoms with E-state index < -0.39 is 28.2 Å². The van der Waals surface area contributed by atoms with Crippen LogP contribution in [-0.2, 0) is 0 Å². The zero-order valence-electron chi connectivity index (χ0n) is 6.07. The summed E-state index contributed by atoms with van der Waals surface area (Å²) in [7, 11) is 1.12. The molecule has 0 spiro atoms. The molecule has 0 aliphatic heterocycles. The molecule has 0 atom stereocenters. The Labute approximate surface area is 72.3 Å². The Morgan fingerprint density at radius 1 is 1.42 bits per heavy atom. The lowest BCUT2D eigenvalue weighted by atomic mass is 10.3. The number of aromatic hydroxyl groups is 1. The first-order valence-electron chi connectivity index (χ1n) is 2.98. The molecule has 0 radical (unpaired) electrons. The van der Waals surface area contributed by atoms with E-state index >= 15 is 0 Å². The van der Waals surface area contributed by atoms with Crippen LogP contribution < -0.4 is 4.74 Å². The minimum absolute atomic E-state index is 0.481. The molecule has 0 bridgehead atoms. The summed E-state index contributed by atoms with van der Waals surface area (Å²) in [5.41, 5.74) is 0. The summed E-state index contributed by atoms with van der Waals surface area (Å²) < 4.78 is 29.8. The zero-order valence-corrected chi connectivity index (χ0v) is 6.82. The van der Waals surface area contributed by atoms with Gasteiger partial charge >= 0.3 is 0 Å². The quantitative estimate of drug-likeness (QED) is 0.696. The molecule has 0 amide bonds. The standard InChI is InChI=1S/C7H5ClF2O2/c1-12-7-4(11)2-3(8)5(9)6(7)10/h2,11H,1H3. The smallest absolute Gasteiger partial charge is 0.206 e. The molecule has 0 saturated heterocycles. The zero-order chi connectivity index (χ0) is 9.30. The van der Waals surface area contributed by atoms with Gasteiger partial charge in [-0.25, -0.2) is 4.39 Å². The summed E-state index contributed by atoms with van der Waals surface area (Å²) in [5.74, 6) is -3.59. The lowest BCUT2D eigenvalue weighted by molar-refractivity contribution is 0.340. The molecule has 12 heavy (non-hydrogen) atoms. The van der Waals surface area contributed by atoms with E-state index in [1.807, 2.05) is 0 Å². The number of phenols is 1. The third-order valence-electron chi connectivity index (χ3n) is 1.30. The van der Waals surface area contributed by atoms with Gasteiger partial charge in [-0.15, -0.1) is 0 Å². The Hall–Kier alpha value is -1.03. The molecule has 0 aromatic heterocycles. The van der Waals surface area contributed by atoms with E-state index in [9.17, 15) is 8.78 Å². The topological polar surface area (TPSA) is 29.5 Å². The van der Waals surface area contributed by atoms with Crippen molar-refractivity contribution in [2.45, 2.75) is 0 Å². The molecule has 1 aromatic rings. The molecule has 0 fully saturated rings. The van der Waals surface area contributed by atoms with Gasteiger partial charge in [0.2, 0.25) is 5.82 Å². The number of phenolic OH excluding ortho intramolecular Hbond substituents is 1. The summed E-state index contributed by atoms with van der Waals surface area (Å²) in [6.45, 7) is 0. The summed E-state index contributed by atoms with van der Waals surface area (Å²) in [4.78, 5) is 0. The van der Waals surface area contributed by atoms with Gasteiger partial charge in [-0.3, -0.25) is 0 Å². The first-order valence-corrected chi connectivity index (χ1v) is 3.36. The van der Waals surface area contributed by atoms with Crippen LogP contribution in [0, 0.1) is 11.6 Å². The molecule has 0 unspecified atom stereocenters. The fraction of sp³-hybridized carbons (Fsp3) is 0.143. The summed E-state index contributed by atoms with van der Waals surface area (Å²) in [6, 6.07) is 0.874. The van der Waals surface area contributed by atoms with Crippen LogP contribution in [0.5, 0.6) is 11.5 Å². The minimum Gasteiger partial charge on any atom is -0.504 e. The van der Waals surface area contributed by atoms with E-state index in [2.05, 4.69) is 4.74 Å². The van der Waals surface area contributed by atoms with E-state index in [1.165, 1.54) is 0 Å². The van der Waals surface area contributed by atoms with Crippen LogP contribution in [0.1, 0.15) is 0 Å². The number of methoxy groups -OCH3 is 1. The lowest BCUT2D eigenvalue weighted by Gasteiger charge is -2.05. The van der Waals surface area contributed by atoms with Crippen LogP contribution in [0.4, 0.5) is 8.78 Å². The van der Waals surface area contributed by atoms with Crippen LogP contribution >= 0.6 is 11.6 Å². The predicted molar refractivity (Wildman–Crippen MR) is 39.6 cm³/mol. The number of halogens is 3. The Morgan fingerprint density at radius 2 is 2.00 bits per heavy atom. The molecule has 1 aromatic carbocycles. The average molecular weight is 195 g/mol. The predicted octanol–water partition coefficient (Wildman–Crippen LogP) is 2.33. The Morgan fingerprint density at radius 3 is 2.50 bits per heavy atom. The number of hydrogen-bond acceptors (Lipinski definition) is 2. The van der Waals surface area contributed by atoms with Crippen molar-refractivity contribution in [3.8, 4) is 11.5 Å². The van der Waals surface area contributed by atoms with Crippen LogP contribution in [-0.4, -0.2) is 12.2 Å². The Balaban J connectivity index is 3.40. The fourth-order valence-corrected chi connectivity index (χ4v) is 0.946. The third kappa shape index (κ3) is 1.30. The van der Waals surface area contributed by atoms with Crippen molar-refractivity contribution in [1.82, 2.24) is 0 Å². The second kappa shape index (κ2) is 3.15. The SMILES string of the molecule is COc1c(O)cc(Cl)c(F)c1F. The summed E-state index contributed by atoms with van der Waals surface area (Å²) in [5, 5.41) is 8.50. The first kappa shape index (κ1) is 9.06. The van der Waals surface area contributed by atoms with Crippen molar-refractivity contribution >= 4 is 11.6 Å². The molecule has 5 heteroatoms. The summed E-state index contributed by atoms with van der Waals surface area (Å²) in [6.07, 6.45) is 0. The Bertz CT molecular complexity index is 315. The lowest BCUT2D eigenvalue weighted by Crippen LogP contribution is -1.93. The van der Waals surface area contributed by atoms with Gasteiger partial charge in [0, 0.05) is 6.07 Å². The maximum absolute atomic E-state index is 12.8. The van der Waals surface area contributed by atoms with Crippen LogP contribution in [0.2, 0.25) is 5.02 Å². The molecular formula is C7H5ClF2O2. The van der Waals surface area contributed by atoms with Crippen molar-refractivity contribution in [2.24, 2.45) is 0 Å². The molecule has 0 aliphatic rings. The largest absolute Gasteiger partial charge is 0.504 e. The molecule has 1 N–H and O–H groups in total. The molecule has 66 valence electrons. The number of rotatable bonds is 1. The highest BCUT2D eigenvalue weighted by Crippen LogP contribution is 2.34. The van der Waals surface area contributed by atoms with Crippen molar-refractivity contribution in [2.75, 3.05) is 7.11 Å². The molecule has 0 heterocycles. The number of benzene rings is 1. The molecular weight excluding hydrogens is 190 g/mol. The minimum atomic E-state index is -1.29. The fourth-order valence-electron chi connectivity index (χ4n) is 0.760. The van der Waals surface area contributed by atoms with Gasteiger partial charge in [0.05, 0.1) is 12.1 Å². The van der Waals surface area contributed by atoms with E-state index in [0.29, 0.717) is 0 Å². The molecule has 2 nitrogen and oxygen atoms in total. The molecule has 0 saturated carbocycles. The second-order valence-electron chi connectivity index (χ2n) is 2.04.